The number of imidazole rings is 1. The van der Waals surface area contributed by atoms with Gasteiger partial charge in [-0.05, 0) is 63.0 Å². The molecule has 4 rings (SSSR count). The Morgan fingerprint density at radius 3 is 2.40 bits per heavy atom. The van der Waals surface area contributed by atoms with Crippen molar-refractivity contribution in [3.63, 3.8) is 0 Å². The maximum absolute atomic E-state index is 13.5. The molecule has 6 nitrogen and oxygen atoms in total. The fourth-order valence-corrected chi connectivity index (χ4v) is 4.79. The number of hydrogen-bond donors (Lipinski definition) is 0. The maximum Gasteiger partial charge on any atom is 0.418 e. The van der Waals surface area contributed by atoms with Crippen LogP contribution in [0.1, 0.15) is 79.7 Å². The highest BCUT2D eigenvalue weighted by atomic mass is 19.4. The molecule has 3 aromatic heterocycles. The molecule has 0 bridgehead atoms. The van der Waals surface area contributed by atoms with Gasteiger partial charge >= 0.3 is 6.18 Å². The van der Waals surface area contributed by atoms with Gasteiger partial charge in [0.25, 0.3) is 12.0 Å². The van der Waals surface area contributed by atoms with E-state index in [-0.39, 0.29) is 28.8 Å². The lowest BCUT2D eigenvalue weighted by Gasteiger charge is -2.22. The van der Waals surface area contributed by atoms with Gasteiger partial charge in [-0.1, -0.05) is 38.0 Å². The summed E-state index contributed by atoms with van der Waals surface area (Å²) in [4.78, 5) is 21.2. The van der Waals surface area contributed by atoms with Crippen molar-refractivity contribution >= 4 is 0 Å². The Hall–Kier alpha value is -3.96. The number of alkyl halides is 5. The van der Waals surface area contributed by atoms with Gasteiger partial charge in [0, 0.05) is 24.5 Å². The van der Waals surface area contributed by atoms with Crippen LogP contribution in [-0.4, -0.2) is 24.3 Å². The molecular formula is C30H33F6N5O. The van der Waals surface area contributed by atoms with Crippen LogP contribution in [0.2, 0.25) is 0 Å². The highest BCUT2D eigenvalue weighted by Gasteiger charge is 2.34. The van der Waals surface area contributed by atoms with Crippen molar-refractivity contribution in [3.8, 4) is 11.4 Å². The van der Waals surface area contributed by atoms with Crippen molar-refractivity contribution in [2.75, 3.05) is 0 Å². The summed E-state index contributed by atoms with van der Waals surface area (Å²) in [6.07, 6.45) is 0.657. The second-order valence-electron chi connectivity index (χ2n) is 10.1. The van der Waals surface area contributed by atoms with Gasteiger partial charge in [-0.3, -0.25) is 9.78 Å². The molecule has 42 heavy (non-hydrogen) atoms. The van der Waals surface area contributed by atoms with Gasteiger partial charge in [-0.2, -0.15) is 18.3 Å². The van der Waals surface area contributed by atoms with Crippen LogP contribution >= 0.6 is 0 Å². The summed E-state index contributed by atoms with van der Waals surface area (Å²) >= 11 is 0. The van der Waals surface area contributed by atoms with Crippen LogP contribution in [0.15, 0.2) is 65.9 Å². The molecule has 3 aromatic rings. The van der Waals surface area contributed by atoms with Crippen LogP contribution in [0.5, 0.6) is 0 Å². The maximum atomic E-state index is 13.5. The lowest BCUT2D eigenvalue weighted by atomic mass is 9.84. The van der Waals surface area contributed by atoms with E-state index < -0.39 is 36.1 Å². The Morgan fingerprint density at radius 1 is 1.21 bits per heavy atom. The van der Waals surface area contributed by atoms with E-state index in [2.05, 4.69) is 28.2 Å². The number of pyridine rings is 1. The Labute approximate surface area is 240 Å². The predicted octanol–water partition coefficient (Wildman–Crippen LogP) is 8.00. The van der Waals surface area contributed by atoms with E-state index >= 15 is 0 Å². The molecular weight excluding hydrogens is 560 g/mol. The molecule has 1 aliphatic carbocycles. The lowest BCUT2D eigenvalue weighted by molar-refractivity contribution is -0.138. The van der Waals surface area contributed by atoms with Crippen LogP contribution in [0.3, 0.4) is 0 Å². The van der Waals surface area contributed by atoms with Gasteiger partial charge in [0.05, 0.1) is 17.8 Å². The molecule has 0 amide bonds. The SMILES string of the molecule is C=C/C(F)=C\C(=C)C.Cc1c(-c2cc(C3CCCCC3)c(=O)n(Cc3ncccc3C(F)(F)F)n2)nc(C(F)F)n1C. The van der Waals surface area contributed by atoms with Gasteiger partial charge in [0.15, 0.2) is 5.82 Å². The Bertz CT molecular complexity index is 1510. The lowest BCUT2D eigenvalue weighted by Crippen LogP contribution is -2.30. The molecule has 1 fully saturated rings. The number of aromatic nitrogens is 5. The molecule has 0 N–H and O–H groups in total. The molecule has 1 aliphatic rings. The molecule has 0 spiro atoms. The zero-order valence-electron chi connectivity index (χ0n) is 23.7. The third-order valence-electron chi connectivity index (χ3n) is 6.98. The number of nitrogens with zero attached hydrogens (tertiary/aromatic N) is 5. The van der Waals surface area contributed by atoms with Crippen molar-refractivity contribution in [3.05, 3.63) is 99.8 Å². The van der Waals surface area contributed by atoms with Gasteiger partial charge in [-0.25, -0.2) is 22.8 Å². The second-order valence-corrected chi connectivity index (χ2v) is 10.1. The molecule has 0 aliphatic heterocycles. The van der Waals surface area contributed by atoms with Crippen molar-refractivity contribution in [2.45, 2.75) is 71.0 Å². The van der Waals surface area contributed by atoms with Crippen molar-refractivity contribution in [1.29, 1.82) is 0 Å². The van der Waals surface area contributed by atoms with Gasteiger partial charge < -0.3 is 4.57 Å². The van der Waals surface area contributed by atoms with E-state index in [4.69, 9.17) is 0 Å². The first-order valence-corrected chi connectivity index (χ1v) is 13.3. The topological polar surface area (TPSA) is 65.6 Å². The van der Waals surface area contributed by atoms with Crippen LogP contribution in [0.4, 0.5) is 26.3 Å². The number of hydrogen-bond acceptors (Lipinski definition) is 4. The summed E-state index contributed by atoms with van der Waals surface area (Å²) < 4.78 is 81.6. The van der Waals surface area contributed by atoms with Crippen LogP contribution in [0.25, 0.3) is 11.4 Å². The monoisotopic (exact) mass is 593 g/mol. The minimum Gasteiger partial charge on any atom is -0.330 e. The smallest absolute Gasteiger partial charge is 0.330 e. The Morgan fingerprint density at radius 2 is 1.88 bits per heavy atom. The molecule has 0 atom stereocenters. The quantitative estimate of drug-likeness (QED) is 0.206. The third-order valence-corrected chi connectivity index (χ3v) is 6.98. The first kappa shape index (κ1) is 32.6. The highest BCUT2D eigenvalue weighted by molar-refractivity contribution is 5.58. The molecule has 1 saturated carbocycles. The van der Waals surface area contributed by atoms with E-state index in [0.29, 0.717) is 16.8 Å². The van der Waals surface area contributed by atoms with E-state index in [9.17, 15) is 31.1 Å². The van der Waals surface area contributed by atoms with E-state index in [1.54, 1.807) is 19.9 Å². The van der Waals surface area contributed by atoms with Crippen LogP contribution in [0, 0.1) is 6.92 Å². The first-order valence-electron chi connectivity index (χ1n) is 13.3. The molecule has 0 radical (unpaired) electrons. The average Bonchev–Trinajstić information content (AvgIpc) is 3.24. The summed E-state index contributed by atoms with van der Waals surface area (Å²) in [7, 11) is 1.45. The van der Waals surface area contributed by atoms with E-state index in [0.717, 1.165) is 48.9 Å². The van der Waals surface area contributed by atoms with Crippen molar-refractivity contribution in [2.24, 2.45) is 7.05 Å². The second kappa shape index (κ2) is 13.8. The normalized spacial score (nSPS) is 14.5. The molecule has 0 saturated heterocycles. The minimum atomic E-state index is -4.65. The summed E-state index contributed by atoms with van der Waals surface area (Å²) in [5.41, 5.74) is 0.0590. The molecule has 226 valence electrons. The van der Waals surface area contributed by atoms with Gasteiger partial charge in [0.2, 0.25) is 0 Å². The zero-order chi connectivity index (χ0) is 31.2. The predicted molar refractivity (Wildman–Crippen MR) is 149 cm³/mol. The van der Waals surface area contributed by atoms with Gasteiger partial charge in [0.1, 0.15) is 17.2 Å². The van der Waals surface area contributed by atoms with Crippen LogP contribution in [-0.2, 0) is 19.8 Å². The van der Waals surface area contributed by atoms with Gasteiger partial charge in [-0.15, -0.1) is 0 Å². The zero-order valence-corrected chi connectivity index (χ0v) is 23.7. The number of allylic oxidation sites excluding steroid dienone is 4. The number of halogens is 6. The fourth-order valence-electron chi connectivity index (χ4n) is 4.79. The standard InChI is InChI=1S/C23H24F5N5O.C7H9F/c1-13-19(30-21(20(24)25)32(13)2)17-11-15(14-7-4-3-5-8-14)22(34)33(31-17)12-18-16(23(26,27)28)9-6-10-29-18;1-4-7(8)5-6(2)3/h6,9-11,14,20H,3-5,7-8,12H2,1-2H3;4-5H,1-2H2,3H3/b;7-5+. The highest BCUT2D eigenvalue weighted by Crippen LogP contribution is 2.34. The van der Waals surface area contributed by atoms with E-state index in [1.165, 1.54) is 30.0 Å². The molecule has 0 aromatic carbocycles. The average molecular weight is 594 g/mol. The minimum absolute atomic E-state index is 0.0846. The summed E-state index contributed by atoms with van der Waals surface area (Å²) in [6.45, 7) is 9.53. The fraction of sp³-hybridized carbons (Fsp3) is 0.400. The number of rotatable bonds is 7. The molecule has 3 heterocycles. The van der Waals surface area contributed by atoms with Crippen molar-refractivity contribution in [1.82, 2.24) is 24.3 Å². The molecule has 0 unspecified atom stereocenters. The summed E-state index contributed by atoms with van der Waals surface area (Å²) in [5.74, 6) is -0.869. The third kappa shape index (κ3) is 7.86. The van der Waals surface area contributed by atoms with Crippen molar-refractivity contribution < 1.29 is 26.3 Å². The largest absolute Gasteiger partial charge is 0.418 e. The summed E-state index contributed by atoms with van der Waals surface area (Å²) in [5, 5.41) is 4.27. The van der Waals surface area contributed by atoms with Crippen LogP contribution < -0.4 is 5.56 Å². The molecule has 12 heteroatoms. The van der Waals surface area contributed by atoms with E-state index in [1.807, 2.05) is 0 Å². The summed E-state index contributed by atoms with van der Waals surface area (Å²) in [6, 6.07) is 3.63. The Kier molecular flexibility index (Phi) is 10.7. The first-order chi connectivity index (χ1) is 19.7. The Balaban J connectivity index is 0.000000531.